The van der Waals surface area contributed by atoms with Crippen LogP contribution in [0.2, 0.25) is 0 Å². The van der Waals surface area contributed by atoms with Gasteiger partial charge in [-0.05, 0) is 45.6 Å². The highest BCUT2D eigenvalue weighted by Crippen LogP contribution is 2.16. The molecule has 4 heteroatoms. The molecule has 0 aliphatic carbocycles. The zero-order valence-electron chi connectivity index (χ0n) is 13.8. The maximum Gasteiger partial charge on any atom is 0.129 e. The number of hydrogen-bond acceptors (Lipinski definition) is 4. The molecule has 0 radical (unpaired) electrons. The van der Waals surface area contributed by atoms with Gasteiger partial charge in [0.2, 0.25) is 0 Å². The lowest BCUT2D eigenvalue weighted by atomic mass is 10.2. The van der Waals surface area contributed by atoms with Crippen LogP contribution in [0.1, 0.15) is 33.3 Å². The number of nitrogens with zero attached hydrogens (tertiary/aromatic N) is 3. The molecule has 0 aliphatic rings. The van der Waals surface area contributed by atoms with Crippen LogP contribution >= 0.6 is 0 Å². The van der Waals surface area contributed by atoms with Gasteiger partial charge < -0.3 is 15.1 Å². The van der Waals surface area contributed by atoms with Crippen LogP contribution in [0.3, 0.4) is 0 Å². The highest BCUT2D eigenvalue weighted by molar-refractivity contribution is 5.42. The first-order chi connectivity index (χ1) is 9.43. The van der Waals surface area contributed by atoms with Crippen molar-refractivity contribution in [3.05, 3.63) is 23.9 Å². The quantitative estimate of drug-likeness (QED) is 0.791. The molecule has 0 aliphatic heterocycles. The van der Waals surface area contributed by atoms with Gasteiger partial charge in [0.15, 0.2) is 0 Å². The van der Waals surface area contributed by atoms with Crippen LogP contribution in [0, 0.1) is 0 Å². The lowest BCUT2D eigenvalue weighted by molar-refractivity contribution is 0.372. The van der Waals surface area contributed by atoms with Gasteiger partial charge in [-0.15, -0.1) is 0 Å². The van der Waals surface area contributed by atoms with Crippen molar-refractivity contribution in [2.75, 3.05) is 32.1 Å². The fourth-order valence-electron chi connectivity index (χ4n) is 2.38. The molecule has 1 heterocycles. The van der Waals surface area contributed by atoms with Crippen molar-refractivity contribution in [2.45, 2.75) is 46.3 Å². The molecule has 1 unspecified atom stereocenters. The number of likely N-dealkylation sites (N-methyl/N-ethyl adjacent to an activating group) is 2. The Morgan fingerprint density at radius 2 is 1.95 bits per heavy atom. The Bertz CT molecular complexity index is 390. The van der Waals surface area contributed by atoms with Gasteiger partial charge in [-0.25, -0.2) is 4.98 Å². The third kappa shape index (κ3) is 5.47. The fourth-order valence-corrected chi connectivity index (χ4v) is 2.38. The predicted molar refractivity (Wildman–Crippen MR) is 87.2 cm³/mol. The highest BCUT2D eigenvalue weighted by atomic mass is 15.2. The second kappa shape index (κ2) is 8.22. The van der Waals surface area contributed by atoms with Crippen molar-refractivity contribution in [1.29, 1.82) is 0 Å². The summed E-state index contributed by atoms with van der Waals surface area (Å²) in [6.45, 7) is 11.7. The number of pyridine rings is 1. The van der Waals surface area contributed by atoms with Crippen LogP contribution in [0.4, 0.5) is 5.82 Å². The second-order valence-electron chi connectivity index (χ2n) is 5.96. The standard InChI is InChI=1S/C16H30N4/c1-7-20(14(4)12-19(5)6)16-10-15(8-9-17-16)11-18-13(2)3/h8-10,13-14,18H,7,11-12H2,1-6H3. The molecule has 0 amide bonds. The average molecular weight is 278 g/mol. The van der Waals surface area contributed by atoms with E-state index < -0.39 is 0 Å². The molecule has 0 spiro atoms. The minimum absolute atomic E-state index is 0.454. The minimum atomic E-state index is 0.454. The molecule has 1 rings (SSSR count). The third-order valence-corrected chi connectivity index (χ3v) is 3.32. The Balaban J connectivity index is 2.79. The van der Waals surface area contributed by atoms with E-state index in [-0.39, 0.29) is 0 Å². The smallest absolute Gasteiger partial charge is 0.129 e. The Labute approximate surface area is 124 Å². The largest absolute Gasteiger partial charge is 0.353 e. The van der Waals surface area contributed by atoms with Crippen molar-refractivity contribution in [3.63, 3.8) is 0 Å². The lowest BCUT2D eigenvalue weighted by Gasteiger charge is -2.31. The highest BCUT2D eigenvalue weighted by Gasteiger charge is 2.15. The first-order valence-electron chi connectivity index (χ1n) is 7.53. The SMILES string of the molecule is CCN(c1cc(CNC(C)C)ccn1)C(C)CN(C)C. The van der Waals surface area contributed by atoms with E-state index in [1.54, 1.807) is 0 Å². The number of anilines is 1. The average Bonchev–Trinajstić information content (AvgIpc) is 2.37. The summed E-state index contributed by atoms with van der Waals surface area (Å²) in [6, 6.07) is 5.24. The maximum atomic E-state index is 4.55. The Hall–Kier alpha value is -1.13. The van der Waals surface area contributed by atoms with Gasteiger partial charge in [-0.2, -0.15) is 0 Å². The number of rotatable bonds is 8. The Kier molecular flexibility index (Phi) is 6.96. The van der Waals surface area contributed by atoms with E-state index in [2.05, 4.69) is 74.0 Å². The summed E-state index contributed by atoms with van der Waals surface area (Å²) in [6.07, 6.45) is 1.91. The molecule has 4 nitrogen and oxygen atoms in total. The van der Waals surface area contributed by atoms with E-state index in [0.717, 1.165) is 25.5 Å². The van der Waals surface area contributed by atoms with Crippen LogP contribution in [-0.4, -0.2) is 49.2 Å². The molecule has 1 aromatic heterocycles. The summed E-state index contributed by atoms with van der Waals surface area (Å²) in [4.78, 5) is 9.13. The Morgan fingerprint density at radius 3 is 2.50 bits per heavy atom. The molecule has 1 atom stereocenters. The van der Waals surface area contributed by atoms with Gasteiger partial charge in [0.25, 0.3) is 0 Å². The summed E-state index contributed by atoms with van der Waals surface area (Å²) < 4.78 is 0. The molecular weight excluding hydrogens is 248 g/mol. The van der Waals surface area contributed by atoms with Gasteiger partial charge in [-0.1, -0.05) is 13.8 Å². The van der Waals surface area contributed by atoms with Gasteiger partial charge in [0.05, 0.1) is 0 Å². The molecule has 20 heavy (non-hydrogen) atoms. The first kappa shape index (κ1) is 16.9. The predicted octanol–water partition coefficient (Wildman–Crippen LogP) is 2.36. The van der Waals surface area contributed by atoms with Crippen molar-refractivity contribution in [1.82, 2.24) is 15.2 Å². The summed E-state index contributed by atoms with van der Waals surface area (Å²) in [5.74, 6) is 1.07. The summed E-state index contributed by atoms with van der Waals surface area (Å²) in [5, 5.41) is 3.45. The molecule has 0 bridgehead atoms. The zero-order chi connectivity index (χ0) is 15.1. The van der Waals surface area contributed by atoms with E-state index in [0.29, 0.717) is 12.1 Å². The van der Waals surface area contributed by atoms with Crippen molar-refractivity contribution in [3.8, 4) is 0 Å². The Morgan fingerprint density at radius 1 is 1.25 bits per heavy atom. The molecule has 114 valence electrons. The maximum absolute atomic E-state index is 4.55. The molecule has 1 N–H and O–H groups in total. The number of aromatic nitrogens is 1. The number of hydrogen-bond donors (Lipinski definition) is 1. The third-order valence-electron chi connectivity index (χ3n) is 3.32. The minimum Gasteiger partial charge on any atom is -0.353 e. The van der Waals surface area contributed by atoms with Crippen LogP contribution in [0.5, 0.6) is 0 Å². The van der Waals surface area contributed by atoms with E-state index >= 15 is 0 Å². The van der Waals surface area contributed by atoms with Crippen LogP contribution in [0.15, 0.2) is 18.3 Å². The summed E-state index contributed by atoms with van der Waals surface area (Å²) in [7, 11) is 4.22. The monoisotopic (exact) mass is 278 g/mol. The van der Waals surface area contributed by atoms with Gasteiger partial charge in [0, 0.05) is 37.9 Å². The summed E-state index contributed by atoms with van der Waals surface area (Å²) >= 11 is 0. The topological polar surface area (TPSA) is 31.4 Å². The van der Waals surface area contributed by atoms with Crippen LogP contribution in [-0.2, 0) is 6.54 Å². The van der Waals surface area contributed by atoms with Gasteiger partial charge in [0.1, 0.15) is 5.82 Å². The van der Waals surface area contributed by atoms with Crippen molar-refractivity contribution in [2.24, 2.45) is 0 Å². The van der Waals surface area contributed by atoms with Crippen molar-refractivity contribution < 1.29 is 0 Å². The molecule has 1 aromatic rings. The molecule has 0 saturated heterocycles. The number of nitrogens with one attached hydrogen (secondary N) is 1. The normalized spacial score (nSPS) is 13.0. The fraction of sp³-hybridized carbons (Fsp3) is 0.688. The van der Waals surface area contributed by atoms with E-state index in [1.165, 1.54) is 5.56 Å². The second-order valence-corrected chi connectivity index (χ2v) is 5.96. The molecular formula is C16H30N4. The molecule has 0 saturated carbocycles. The molecule has 0 aromatic carbocycles. The first-order valence-corrected chi connectivity index (χ1v) is 7.53. The summed E-state index contributed by atoms with van der Waals surface area (Å²) in [5.41, 5.74) is 1.29. The van der Waals surface area contributed by atoms with Crippen LogP contribution < -0.4 is 10.2 Å². The van der Waals surface area contributed by atoms with Crippen LogP contribution in [0.25, 0.3) is 0 Å². The van der Waals surface area contributed by atoms with E-state index in [1.807, 2.05) is 6.20 Å². The zero-order valence-corrected chi connectivity index (χ0v) is 13.8. The van der Waals surface area contributed by atoms with Gasteiger partial charge in [-0.3, -0.25) is 0 Å². The lowest BCUT2D eigenvalue weighted by Crippen LogP contribution is -2.40. The van der Waals surface area contributed by atoms with E-state index in [9.17, 15) is 0 Å². The van der Waals surface area contributed by atoms with Gasteiger partial charge >= 0.3 is 0 Å². The molecule has 0 fully saturated rings. The van der Waals surface area contributed by atoms with E-state index in [4.69, 9.17) is 0 Å². The van der Waals surface area contributed by atoms with Crippen molar-refractivity contribution >= 4 is 5.82 Å².